The molecule has 0 saturated carbocycles. The minimum absolute atomic E-state index is 0.0259. The molecule has 6 nitrogen and oxygen atoms in total. The van der Waals surface area contributed by atoms with Crippen molar-refractivity contribution >= 4 is 17.5 Å². The predicted molar refractivity (Wildman–Crippen MR) is 65.3 cm³/mol. The Balaban J connectivity index is 3.06. The maximum Gasteiger partial charge on any atom is 0.340 e. The normalized spacial score (nSPS) is 10.6. The molecule has 19 heavy (non-hydrogen) atoms. The Morgan fingerprint density at radius 1 is 1.63 bits per heavy atom. The number of nitrogens with zero attached hydrogens (tertiary/aromatic N) is 2. The van der Waals surface area contributed by atoms with E-state index in [0.717, 1.165) is 4.90 Å². The van der Waals surface area contributed by atoms with Crippen LogP contribution in [0.4, 0.5) is 20.3 Å². The molecular weight excluding hydrogens is 260 g/mol. The van der Waals surface area contributed by atoms with E-state index in [0.29, 0.717) is 0 Å². The summed E-state index contributed by atoms with van der Waals surface area (Å²) in [5.41, 5.74) is 5.70. The van der Waals surface area contributed by atoms with E-state index in [9.17, 15) is 13.6 Å². The predicted octanol–water partition coefficient (Wildman–Crippen LogP) is 0.514. The summed E-state index contributed by atoms with van der Waals surface area (Å²) in [6, 6.07) is 1.26. The first-order valence-corrected chi connectivity index (χ1v) is 5.47. The standard InChI is InChI=1S/C11H15F2N3O3/c1-19-11(18)7-4-10(15-5-8(7)14)16(2-3-17)6-9(12)13/h4-5,9,17H,2-3,6,14H2,1H3. The van der Waals surface area contributed by atoms with Crippen molar-refractivity contribution < 1.29 is 23.4 Å². The van der Waals surface area contributed by atoms with Crippen molar-refractivity contribution in [1.82, 2.24) is 4.98 Å². The number of aliphatic hydroxyl groups excluding tert-OH is 1. The van der Waals surface area contributed by atoms with Crippen molar-refractivity contribution in [2.45, 2.75) is 6.43 Å². The van der Waals surface area contributed by atoms with Gasteiger partial charge in [0.25, 0.3) is 6.43 Å². The second-order valence-corrected chi connectivity index (χ2v) is 3.68. The van der Waals surface area contributed by atoms with Gasteiger partial charge in [0.15, 0.2) is 0 Å². The zero-order valence-electron chi connectivity index (χ0n) is 10.3. The Morgan fingerprint density at radius 3 is 2.84 bits per heavy atom. The lowest BCUT2D eigenvalue weighted by Crippen LogP contribution is -2.32. The number of aliphatic hydroxyl groups is 1. The molecule has 3 N–H and O–H groups in total. The maximum atomic E-state index is 12.4. The fourth-order valence-corrected chi connectivity index (χ4v) is 1.50. The van der Waals surface area contributed by atoms with Gasteiger partial charge in [-0.05, 0) is 6.07 Å². The zero-order valence-corrected chi connectivity index (χ0v) is 10.3. The second kappa shape index (κ2) is 6.83. The molecule has 0 bridgehead atoms. The van der Waals surface area contributed by atoms with Crippen LogP contribution in [0.5, 0.6) is 0 Å². The van der Waals surface area contributed by atoms with Crippen molar-refractivity contribution in [1.29, 1.82) is 0 Å². The lowest BCUT2D eigenvalue weighted by molar-refractivity contribution is 0.0602. The van der Waals surface area contributed by atoms with Gasteiger partial charge in [0.2, 0.25) is 0 Å². The van der Waals surface area contributed by atoms with Crippen LogP contribution >= 0.6 is 0 Å². The molecule has 0 unspecified atom stereocenters. The van der Waals surface area contributed by atoms with Crippen molar-refractivity contribution in [3.8, 4) is 0 Å². The average molecular weight is 275 g/mol. The van der Waals surface area contributed by atoms with Gasteiger partial charge in [-0.2, -0.15) is 0 Å². The van der Waals surface area contributed by atoms with Crippen LogP contribution in [-0.4, -0.2) is 49.3 Å². The summed E-state index contributed by atoms with van der Waals surface area (Å²) in [5.74, 6) is -0.550. The number of hydrogen-bond acceptors (Lipinski definition) is 6. The van der Waals surface area contributed by atoms with Gasteiger partial charge in [-0.25, -0.2) is 18.6 Å². The van der Waals surface area contributed by atoms with Crippen LogP contribution in [0.3, 0.4) is 0 Å². The molecular formula is C11H15F2N3O3. The summed E-state index contributed by atoms with van der Waals surface area (Å²) >= 11 is 0. The number of rotatable bonds is 6. The fourth-order valence-electron chi connectivity index (χ4n) is 1.50. The Morgan fingerprint density at radius 2 is 2.32 bits per heavy atom. The highest BCUT2D eigenvalue weighted by Gasteiger charge is 2.17. The van der Waals surface area contributed by atoms with E-state index < -0.39 is 18.9 Å². The summed E-state index contributed by atoms with van der Waals surface area (Å²) < 4.78 is 29.4. The Kier molecular flexibility index (Phi) is 5.43. The van der Waals surface area contributed by atoms with Crippen molar-refractivity contribution in [3.05, 3.63) is 17.8 Å². The first kappa shape index (κ1) is 15.1. The SMILES string of the molecule is COC(=O)c1cc(N(CCO)CC(F)F)ncc1N. The molecule has 0 aromatic carbocycles. The fraction of sp³-hybridized carbons (Fsp3) is 0.455. The highest BCUT2D eigenvalue weighted by atomic mass is 19.3. The molecule has 0 saturated heterocycles. The van der Waals surface area contributed by atoms with E-state index in [-0.39, 0.29) is 30.2 Å². The van der Waals surface area contributed by atoms with Crippen LogP contribution in [0.15, 0.2) is 12.3 Å². The number of nitrogens with two attached hydrogens (primary N) is 1. The van der Waals surface area contributed by atoms with E-state index in [1.54, 1.807) is 0 Å². The van der Waals surface area contributed by atoms with E-state index in [1.807, 2.05) is 0 Å². The summed E-state index contributed by atoms with van der Waals surface area (Å²) in [7, 11) is 1.19. The van der Waals surface area contributed by atoms with E-state index in [1.165, 1.54) is 19.4 Å². The molecule has 1 aromatic heterocycles. The molecule has 0 aliphatic carbocycles. The summed E-state index contributed by atoms with van der Waals surface area (Å²) in [6.45, 7) is -0.938. The Hall–Kier alpha value is -1.96. The highest BCUT2D eigenvalue weighted by Crippen LogP contribution is 2.19. The minimum atomic E-state index is -2.59. The second-order valence-electron chi connectivity index (χ2n) is 3.68. The lowest BCUT2D eigenvalue weighted by Gasteiger charge is -2.22. The quantitative estimate of drug-likeness (QED) is 0.736. The molecule has 106 valence electrons. The molecule has 0 amide bonds. The molecule has 8 heteroatoms. The number of esters is 1. The number of hydrogen-bond donors (Lipinski definition) is 2. The molecule has 0 aliphatic heterocycles. The third-order valence-corrected chi connectivity index (χ3v) is 2.38. The average Bonchev–Trinajstić information content (AvgIpc) is 2.37. The van der Waals surface area contributed by atoms with E-state index in [4.69, 9.17) is 10.8 Å². The third-order valence-electron chi connectivity index (χ3n) is 2.38. The summed E-state index contributed by atoms with van der Waals surface area (Å²) in [6.07, 6.45) is -1.40. The monoisotopic (exact) mass is 275 g/mol. The number of methoxy groups -OCH3 is 1. The van der Waals surface area contributed by atoms with Crippen LogP contribution in [0, 0.1) is 0 Å². The van der Waals surface area contributed by atoms with Crippen molar-refractivity contribution in [2.24, 2.45) is 0 Å². The number of alkyl halides is 2. The lowest BCUT2D eigenvalue weighted by atomic mass is 10.2. The maximum absolute atomic E-state index is 12.4. The molecule has 0 spiro atoms. The van der Waals surface area contributed by atoms with Crippen LogP contribution < -0.4 is 10.6 Å². The molecule has 1 rings (SSSR count). The van der Waals surface area contributed by atoms with E-state index in [2.05, 4.69) is 9.72 Å². The number of halogens is 2. The van der Waals surface area contributed by atoms with Gasteiger partial charge >= 0.3 is 5.97 Å². The van der Waals surface area contributed by atoms with Crippen LogP contribution in [0.25, 0.3) is 0 Å². The minimum Gasteiger partial charge on any atom is -0.465 e. The first-order chi connectivity index (χ1) is 8.99. The summed E-state index contributed by atoms with van der Waals surface area (Å²) in [4.78, 5) is 16.5. The van der Waals surface area contributed by atoms with Gasteiger partial charge in [0, 0.05) is 6.54 Å². The highest BCUT2D eigenvalue weighted by molar-refractivity contribution is 5.95. The number of pyridine rings is 1. The van der Waals surface area contributed by atoms with Gasteiger partial charge in [-0.1, -0.05) is 0 Å². The number of carbonyl (C=O) groups is 1. The number of ether oxygens (including phenoxy) is 1. The third kappa shape index (κ3) is 4.02. The van der Waals surface area contributed by atoms with Crippen LogP contribution in [-0.2, 0) is 4.74 Å². The van der Waals surface area contributed by atoms with Gasteiger partial charge in [0.1, 0.15) is 5.82 Å². The molecule has 0 aliphatic rings. The van der Waals surface area contributed by atoms with Crippen molar-refractivity contribution in [3.63, 3.8) is 0 Å². The molecule has 0 radical (unpaired) electrons. The topological polar surface area (TPSA) is 88.7 Å². The molecule has 0 fully saturated rings. The number of nitrogen functional groups attached to an aromatic ring is 1. The number of anilines is 2. The zero-order chi connectivity index (χ0) is 14.4. The number of aromatic nitrogens is 1. The van der Waals surface area contributed by atoms with Gasteiger partial charge in [-0.15, -0.1) is 0 Å². The van der Waals surface area contributed by atoms with Gasteiger partial charge < -0.3 is 20.5 Å². The first-order valence-electron chi connectivity index (χ1n) is 5.47. The molecule has 0 atom stereocenters. The molecule has 1 heterocycles. The Bertz CT molecular complexity index is 443. The van der Waals surface area contributed by atoms with Crippen LogP contribution in [0.2, 0.25) is 0 Å². The smallest absolute Gasteiger partial charge is 0.340 e. The van der Waals surface area contributed by atoms with Gasteiger partial charge in [-0.3, -0.25) is 0 Å². The van der Waals surface area contributed by atoms with Crippen molar-refractivity contribution in [2.75, 3.05) is 37.4 Å². The largest absolute Gasteiger partial charge is 0.465 e. The summed E-state index contributed by atoms with van der Waals surface area (Å²) in [5, 5.41) is 8.86. The molecule has 1 aromatic rings. The Labute approximate surface area is 108 Å². The van der Waals surface area contributed by atoms with Gasteiger partial charge in [0.05, 0.1) is 37.7 Å². The van der Waals surface area contributed by atoms with E-state index >= 15 is 0 Å². The van der Waals surface area contributed by atoms with Crippen LogP contribution in [0.1, 0.15) is 10.4 Å². The number of carbonyl (C=O) groups excluding carboxylic acids is 1.